The molecule has 0 fully saturated rings. The number of carbonyl (C=O) groups excluding carboxylic acids is 1. The normalized spacial score (nSPS) is 10.6. The molecule has 0 aliphatic rings. The second kappa shape index (κ2) is 12.4. The Bertz CT molecular complexity index is 1380. The molecule has 0 atom stereocenters. The minimum atomic E-state index is -0.176. The lowest BCUT2D eigenvalue weighted by molar-refractivity contribution is -0.119. The molecule has 0 aliphatic carbocycles. The second-order valence-corrected chi connectivity index (χ2v) is 8.99. The van der Waals surface area contributed by atoms with Crippen molar-refractivity contribution < 1.29 is 14.3 Å². The molecule has 4 rings (SSSR count). The van der Waals surface area contributed by atoms with Crippen LogP contribution in [0.2, 0.25) is 10.0 Å². The van der Waals surface area contributed by atoms with E-state index in [4.69, 9.17) is 32.7 Å². The van der Waals surface area contributed by atoms with E-state index in [-0.39, 0.29) is 12.5 Å². The molecule has 7 nitrogen and oxygen atoms in total. The molecule has 0 bridgehead atoms. The van der Waals surface area contributed by atoms with Crippen LogP contribution in [0.3, 0.4) is 0 Å². The van der Waals surface area contributed by atoms with Crippen LogP contribution in [0.5, 0.6) is 11.5 Å². The fourth-order valence-corrected chi connectivity index (χ4v) is 4.01. The van der Waals surface area contributed by atoms with Crippen molar-refractivity contribution in [3.05, 3.63) is 88.4 Å². The predicted molar refractivity (Wildman–Crippen MR) is 148 cm³/mol. The molecule has 1 heterocycles. The van der Waals surface area contributed by atoms with E-state index in [0.29, 0.717) is 51.8 Å². The second-order valence-electron chi connectivity index (χ2n) is 8.12. The van der Waals surface area contributed by atoms with Gasteiger partial charge in [-0.2, -0.15) is 0 Å². The lowest BCUT2D eigenvalue weighted by Crippen LogP contribution is -2.31. The Balaban J connectivity index is 1.43. The summed E-state index contributed by atoms with van der Waals surface area (Å²) in [6, 6.07) is 22.4. The number of methoxy groups -OCH3 is 2. The van der Waals surface area contributed by atoms with E-state index in [9.17, 15) is 4.79 Å². The maximum absolute atomic E-state index is 12.5. The molecule has 37 heavy (non-hydrogen) atoms. The summed E-state index contributed by atoms with van der Waals surface area (Å²) in [5, 5.41) is 7.19. The van der Waals surface area contributed by atoms with Crippen molar-refractivity contribution in [3.63, 3.8) is 0 Å². The third-order valence-corrected chi connectivity index (χ3v) is 6.06. The van der Waals surface area contributed by atoms with Crippen molar-refractivity contribution in [1.82, 2.24) is 15.3 Å². The largest absolute Gasteiger partial charge is 0.493 e. The maximum atomic E-state index is 12.5. The highest BCUT2D eigenvalue weighted by Gasteiger charge is 2.11. The number of hydrogen-bond donors (Lipinski definition) is 2. The fourth-order valence-electron chi connectivity index (χ4n) is 3.69. The smallest absolute Gasteiger partial charge is 0.239 e. The van der Waals surface area contributed by atoms with Gasteiger partial charge < -0.3 is 20.1 Å². The minimum Gasteiger partial charge on any atom is -0.493 e. The monoisotopic (exact) mass is 536 g/mol. The highest BCUT2D eigenvalue weighted by atomic mass is 35.5. The van der Waals surface area contributed by atoms with E-state index in [1.54, 1.807) is 32.4 Å². The summed E-state index contributed by atoms with van der Waals surface area (Å²) in [4.78, 5) is 21.7. The Kier molecular flexibility index (Phi) is 8.82. The van der Waals surface area contributed by atoms with Crippen LogP contribution in [0.4, 0.5) is 5.95 Å². The lowest BCUT2D eigenvalue weighted by atomic mass is 10.1. The van der Waals surface area contributed by atoms with E-state index < -0.39 is 0 Å². The zero-order chi connectivity index (χ0) is 26.2. The van der Waals surface area contributed by atoms with Crippen LogP contribution in [-0.4, -0.2) is 43.2 Å². The van der Waals surface area contributed by atoms with Crippen LogP contribution < -0.4 is 20.1 Å². The molecule has 0 spiro atoms. The van der Waals surface area contributed by atoms with Crippen molar-refractivity contribution in [2.45, 2.75) is 6.42 Å². The van der Waals surface area contributed by atoms with Crippen molar-refractivity contribution >= 4 is 35.1 Å². The number of anilines is 1. The molecule has 190 valence electrons. The quantitative estimate of drug-likeness (QED) is 0.262. The van der Waals surface area contributed by atoms with Gasteiger partial charge in [0.25, 0.3) is 0 Å². The van der Waals surface area contributed by atoms with Gasteiger partial charge in [-0.25, -0.2) is 9.97 Å². The van der Waals surface area contributed by atoms with Gasteiger partial charge in [-0.15, -0.1) is 0 Å². The molecule has 4 aromatic rings. The number of hydrogen-bond acceptors (Lipinski definition) is 6. The van der Waals surface area contributed by atoms with Gasteiger partial charge in [0.2, 0.25) is 11.9 Å². The summed E-state index contributed by atoms with van der Waals surface area (Å²) in [5.74, 6) is 1.47. The van der Waals surface area contributed by atoms with Gasteiger partial charge in [0.1, 0.15) is 0 Å². The number of rotatable bonds is 10. The number of aromatic nitrogens is 2. The van der Waals surface area contributed by atoms with Gasteiger partial charge in [0.05, 0.1) is 32.2 Å². The van der Waals surface area contributed by atoms with Crippen molar-refractivity contribution in [2.75, 3.05) is 32.6 Å². The van der Waals surface area contributed by atoms with Crippen LogP contribution in [0.25, 0.3) is 22.5 Å². The Morgan fingerprint density at radius 3 is 2.24 bits per heavy atom. The van der Waals surface area contributed by atoms with E-state index in [1.165, 1.54) is 0 Å². The van der Waals surface area contributed by atoms with Crippen LogP contribution in [0, 0.1) is 0 Å². The van der Waals surface area contributed by atoms with Gasteiger partial charge >= 0.3 is 0 Å². The molecule has 2 N–H and O–H groups in total. The molecular weight excluding hydrogens is 511 g/mol. The van der Waals surface area contributed by atoms with Crippen molar-refractivity contribution in [3.8, 4) is 34.0 Å². The maximum Gasteiger partial charge on any atom is 0.239 e. The molecule has 0 saturated carbocycles. The molecule has 1 amide bonds. The van der Waals surface area contributed by atoms with Crippen molar-refractivity contribution in [2.24, 2.45) is 0 Å². The highest BCUT2D eigenvalue weighted by Crippen LogP contribution is 2.28. The molecule has 9 heteroatoms. The zero-order valence-corrected chi connectivity index (χ0v) is 21.9. The van der Waals surface area contributed by atoms with Crippen LogP contribution in [0.1, 0.15) is 5.56 Å². The molecule has 0 radical (unpaired) electrons. The first-order valence-electron chi connectivity index (χ1n) is 11.6. The van der Waals surface area contributed by atoms with E-state index >= 15 is 0 Å². The van der Waals surface area contributed by atoms with Crippen molar-refractivity contribution in [1.29, 1.82) is 0 Å². The van der Waals surface area contributed by atoms with E-state index in [0.717, 1.165) is 16.7 Å². The Labute approximate surface area is 225 Å². The SMILES string of the molecule is COc1ccc(CCNC(=O)CNc2nc(-c3ccc(Cl)cc3)cc(-c3cccc(Cl)c3)n2)cc1OC. The van der Waals surface area contributed by atoms with E-state index in [2.05, 4.69) is 20.6 Å². The number of halogens is 2. The Morgan fingerprint density at radius 1 is 0.811 bits per heavy atom. The molecule has 0 aliphatic heterocycles. The van der Waals surface area contributed by atoms with Crippen LogP contribution in [-0.2, 0) is 11.2 Å². The molecule has 3 aromatic carbocycles. The lowest BCUT2D eigenvalue weighted by Gasteiger charge is -2.12. The summed E-state index contributed by atoms with van der Waals surface area (Å²) in [6.45, 7) is 0.487. The predicted octanol–water partition coefficient (Wildman–Crippen LogP) is 5.91. The molecular formula is C28H26Cl2N4O3. The number of benzene rings is 3. The first kappa shape index (κ1) is 26.3. The average molecular weight is 537 g/mol. The van der Waals surface area contributed by atoms with Gasteiger partial charge in [0, 0.05) is 27.7 Å². The standard InChI is InChI=1S/C28H26Cl2N4O3/c1-36-25-11-6-18(14-26(25)37-2)12-13-31-27(35)17-32-28-33-23(19-7-9-21(29)10-8-19)16-24(34-28)20-4-3-5-22(30)15-20/h3-11,14-16H,12-13,17H2,1-2H3,(H,31,35)(H,32,33,34). The average Bonchev–Trinajstić information content (AvgIpc) is 2.92. The number of nitrogens with zero attached hydrogens (tertiary/aromatic N) is 2. The molecule has 0 unspecified atom stereocenters. The first-order chi connectivity index (χ1) is 17.9. The number of amides is 1. The van der Waals surface area contributed by atoms with Gasteiger partial charge in [-0.1, -0.05) is 53.5 Å². The van der Waals surface area contributed by atoms with Gasteiger partial charge in [-0.05, 0) is 54.4 Å². The summed E-state index contributed by atoms with van der Waals surface area (Å²) >= 11 is 12.2. The molecule has 1 aromatic heterocycles. The summed E-state index contributed by atoms with van der Waals surface area (Å²) < 4.78 is 10.6. The Morgan fingerprint density at radius 2 is 1.54 bits per heavy atom. The van der Waals surface area contributed by atoms with Crippen LogP contribution in [0.15, 0.2) is 72.8 Å². The highest BCUT2D eigenvalue weighted by molar-refractivity contribution is 6.31. The summed E-state index contributed by atoms with van der Waals surface area (Å²) in [5.41, 5.74) is 4.11. The third kappa shape index (κ3) is 7.12. The zero-order valence-electron chi connectivity index (χ0n) is 20.4. The number of ether oxygens (including phenoxy) is 2. The van der Waals surface area contributed by atoms with Gasteiger partial charge in [0.15, 0.2) is 11.5 Å². The third-order valence-electron chi connectivity index (χ3n) is 5.58. The van der Waals surface area contributed by atoms with Gasteiger partial charge in [-0.3, -0.25) is 4.79 Å². The number of carbonyl (C=O) groups is 1. The summed E-state index contributed by atoms with van der Waals surface area (Å²) in [7, 11) is 3.19. The number of nitrogens with one attached hydrogen (secondary N) is 2. The van der Waals surface area contributed by atoms with E-state index in [1.807, 2.05) is 54.6 Å². The molecule has 0 saturated heterocycles. The summed E-state index contributed by atoms with van der Waals surface area (Å²) in [6.07, 6.45) is 0.646. The minimum absolute atomic E-state index is 0.0188. The topological polar surface area (TPSA) is 85.4 Å². The first-order valence-corrected chi connectivity index (χ1v) is 12.3. The fraction of sp³-hybridized carbons (Fsp3) is 0.179. The van der Waals surface area contributed by atoms with Crippen LogP contribution >= 0.6 is 23.2 Å². The Hall–Kier alpha value is -3.81.